The maximum Gasteiger partial charge on any atom is 0.159 e. The van der Waals surface area contributed by atoms with Crippen molar-refractivity contribution in [1.82, 2.24) is 4.57 Å². The SMILES string of the molecule is CC(=O)c1ccc(-c2cc3ccccc3n2-c2cc(-c3ccccc3)cc3ccsc23)cc1. The van der Waals surface area contributed by atoms with Gasteiger partial charge in [0, 0.05) is 10.9 Å². The van der Waals surface area contributed by atoms with Crippen molar-refractivity contribution in [1.29, 1.82) is 0 Å². The van der Waals surface area contributed by atoms with Crippen LogP contribution in [-0.4, -0.2) is 10.4 Å². The van der Waals surface area contributed by atoms with Gasteiger partial charge >= 0.3 is 0 Å². The highest BCUT2D eigenvalue weighted by molar-refractivity contribution is 7.17. The predicted octanol–water partition coefficient (Wildman–Crippen LogP) is 8.38. The summed E-state index contributed by atoms with van der Waals surface area (Å²) in [7, 11) is 0. The van der Waals surface area contributed by atoms with Crippen molar-refractivity contribution in [2.45, 2.75) is 6.92 Å². The van der Waals surface area contributed by atoms with Gasteiger partial charge in [0.1, 0.15) is 0 Å². The Hall–Kier alpha value is -3.95. The van der Waals surface area contributed by atoms with E-state index in [1.807, 2.05) is 24.3 Å². The van der Waals surface area contributed by atoms with E-state index in [1.54, 1.807) is 18.3 Å². The fraction of sp³-hybridized carbons (Fsp3) is 0.0333. The molecule has 6 aromatic rings. The van der Waals surface area contributed by atoms with Crippen LogP contribution in [0.4, 0.5) is 0 Å². The quantitative estimate of drug-likeness (QED) is 0.251. The number of benzene rings is 4. The van der Waals surface area contributed by atoms with Crippen LogP contribution in [0.5, 0.6) is 0 Å². The van der Waals surface area contributed by atoms with Gasteiger partial charge in [-0.25, -0.2) is 0 Å². The molecule has 0 saturated heterocycles. The molecule has 3 heteroatoms. The van der Waals surface area contributed by atoms with Gasteiger partial charge in [-0.15, -0.1) is 11.3 Å². The minimum atomic E-state index is 0.0814. The first kappa shape index (κ1) is 19.7. The zero-order chi connectivity index (χ0) is 22.4. The minimum Gasteiger partial charge on any atom is -0.308 e. The van der Waals surface area contributed by atoms with E-state index in [1.165, 1.54) is 37.8 Å². The fourth-order valence-corrected chi connectivity index (χ4v) is 5.41. The van der Waals surface area contributed by atoms with E-state index in [2.05, 4.69) is 88.8 Å². The summed E-state index contributed by atoms with van der Waals surface area (Å²) in [5.41, 5.74) is 7.68. The van der Waals surface area contributed by atoms with Crippen molar-refractivity contribution in [3.05, 3.63) is 114 Å². The summed E-state index contributed by atoms with van der Waals surface area (Å²) < 4.78 is 3.63. The van der Waals surface area contributed by atoms with Crippen LogP contribution < -0.4 is 0 Å². The average Bonchev–Trinajstić information content (AvgIpc) is 3.49. The van der Waals surface area contributed by atoms with Gasteiger partial charge < -0.3 is 4.57 Å². The highest BCUT2D eigenvalue weighted by Crippen LogP contribution is 2.39. The molecule has 4 aromatic carbocycles. The largest absolute Gasteiger partial charge is 0.308 e. The van der Waals surface area contributed by atoms with Gasteiger partial charge in [-0.05, 0) is 64.7 Å². The summed E-state index contributed by atoms with van der Waals surface area (Å²) in [6, 6.07) is 36.0. The number of nitrogens with zero attached hydrogens (tertiary/aromatic N) is 1. The molecule has 0 radical (unpaired) electrons. The van der Waals surface area contributed by atoms with Crippen LogP contribution in [-0.2, 0) is 0 Å². The summed E-state index contributed by atoms with van der Waals surface area (Å²) in [4.78, 5) is 11.8. The summed E-state index contributed by atoms with van der Waals surface area (Å²) in [5.74, 6) is 0.0814. The Morgan fingerprint density at radius 2 is 1.45 bits per heavy atom. The maximum atomic E-state index is 11.8. The molecule has 2 heterocycles. The zero-order valence-corrected chi connectivity index (χ0v) is 19.0. The molecule has 0 bridgehead atoms. The van der Waals surface area contributed by atoms with E-state index < -0.39 is 0 Å². The molecule has 2 aromatic heterocycles. The second-order valence-electron chi connectivity index (χ2n) is 8.26. The van der Waals surface area contributed by atoms with E-state index >= 15 is 0 Å². The van der Waals surface area contributed by atoms with E-state index in [0.29, 0.717) is 0 Å². The highest BCUT2D eigenvalue weighted by Gasteiger charge is 2.17. The number of Topliss-reactive ketones (excluding diaryl/α,β-unsaturated/α-hetero) is 1. The van der Waals surface area contributed by atoms with E-state index in [-0.39, 0.29) is 5.78 Å². The van der Waals surface area contributed by atoms with Crippen molar-refractivity contribution < 1.29 is 4.79 Å². The van der Waals surface area contributed by atoms with Crippen LogP contribution in [0.15, 0.2) is 109 Å². The third kappa shape index (κ3) is 3.38. The summed E-state index contributed by atoms with van der Waals surface area (Å²) in [6.07, 6.45) is 0. The van der Waals surface area contributed by atoms with Gasteiger partial charge in [0.05, 0.1) is 21.6 Å². The van der Waals surface area contributed by atoms with Crippen LogP contribution in [0, 0.1) is 0 Å². The Morgan fingerprint density at radius 1 is 0.697 bits per heavy atom. The molecule has 2 nitrogen and oxygen atoms in total. The molecule has 0 spiro atoms. The zero-order valence-electron chi connectivity index (χ0n) is 18.2. The van der Waals surface area contributed by atoms with Crippen LogP contribution in [0.25, 0.3) is 49.1 Å². The molecule has 0 atom stereocenters. The van der Waals surface area contributed by atoms with Crippen molar-refractivity contribution in [2.75, 3.05) is 0 Å². The third-order valence-electron chi connectivity index (χ3n) is 6.18. The number of aromatic nitrogens is 1. The van der Waals surface area contributed by atoms with Crippen LogP contribution in [0.3, 0.4) is 0 Å². The maximum absolute atomic E-state index is 11.8. The van der Waals surface area contributed by atoms with E-state index in [4.69, 9.17) is 0 Å². The Balaban J connectivity index is 1.66. The van der Waals surface area contributed by atoms with Crippen LogP contribution in [0.1, 0.15) is 17.3 Å². The molecule has 0 amide bonds. The molecule has 0 unspecified atom stereocenters. The van der Waals surface area contributed by atoms with Crippen LogP contribution in [0.2, 0.25) is 0 Å². The molecule has 158 valence electrons. The Labute approximate surface area is 196 Å². The van der Waals surface area contributed by atoms with Crippen molar-refractivity contribution in [3.63, 3.8) is 0 Å². The topological polar surface area (TPSA) is 22.0 Å². The molecule has 6 rings (SSSR count). The van der Waals surface area contributed by atoms with Crippen molar-refractivity contribution in [3.8, 4) is 28.1 Å². The Kier molecular flexibility index (Phi) is 4.70. The molecule has 0 N–H and O–H groups in total. The lowest BCUT2D eigenvalue weighted by Gasteiger charge is -2.15. The summed E-state index contributed by atoms with van der Waals surface area (Å²) in [5, 5.41) is 4.60. The smallest absolute Gasteiger partial charge is 0.159 e. The number of carbonyl (C=O) groups is 1. The van der Waals surface area contributed by atoms with Crippen LogP contribution >= 0.6 is 11.3 Å². The first-order chi connectivity index (χ1) is 16.2. The lowest BCUT2D eigenvalue weighted by Crippen LogP contribution is -1.98. The minimum absolute atomic E-state index is 0.0814. The lowest BCUT2D eigenvalue weighted by molar-refractivity contribution is 0.101. The highest BCUT2D eigenvalue weighted by atomic mass is 32.1. The summed E-state index contributed by atoms with van der Waals surface area (Å²) in [6.45, 7) is 1.61. The van der Waals surface area contributed by atoms with Gasteiger partial charge in [-0.2, -0.15) is 0 Å². The standard InChI is InChI=1S/C30H21NOS/c1-20(32)21-11-13-23(14-12-21)28-18-24-9-5-6-10-27(24)31(28)29-19-26(22-7-3-2-4-8-22)17-25-15-16-33-30(25)29/h2-19H,1H3. The van der Waals surface area contributed by atoms with Crippen molar-refractivity contribution in [2.24, 2.45) is 0 Å². The fourth-order valence-electron chi connectivity index (χ4n) is 4.53. The number of hydrogen-bond acceptors (Lipinski definition) is 2. The molecular formula is C30H21NOS. The first-order valence-electron chi connectivity index (χ1n) is 11.0. The molecule has 0 aliphatic carbocycles. The normalized spacial score (nSPS) is 11.3. The Bertz CT molecular complexity index is 1620. The lowest BCUT2D eigenvalue weighted by atomic mass is 10.0. The van der Waals surface area contributed by atoms with E-state index in [0.717, 1.165) is 16.8 Å². The average molecular weight is 444 g/mol. The number of hydrogen-bond donors (Lipinski definition) is 0. The number of rotatable bonds is 4. The van der Waals surface area contributed by atoms with Gasteiger partial charge in [-0.1, -0.05) is 72.8 Å². The second-order valence-corrected chi connectivity index (χ2v) is 9.17. The summed E-state index contributed by atoms with van der Waals surface area (Å²) >= 11 is 1.77. The Morgan fingerprint density at radius 3 is 2.24 bits per heavy atom. The number of fused-ring (bicyclic) bond motifs is 2. The predicted molar refractivity (Wildman–Crippen MR) is 140 cm³/mol. The monoisotopic (exact) mass is 443 g/mol. The number of para-hydroxylation sites is 1. The molecular weight excluding hydrogens is 422 g/mol. The molecule has 0 aliphatic heterocycles. The number of carbonyl (C=O) groups excluding carboxylic acids is 1. The second kappa shape index (κ2) is 7.88. The third-order valence-corrected chi connectivity index (χ3v) is 7.13. The van der Waals surface area contributed by atoms with Gasteiger partial charge in [0.25, 0.3) is 0 Å². The van der Waals surface area contributed by atoms with Crippen molar-refractivity contribution >= 4 is 38.1 Å². The molecule has 0 fully saturated rings. The van der Waals surface area contributed by atoms with E-state index in [9.17, 15) is 4.79 Å². The molecule has 33 heavy (non-hydrogen) atoms. The molecule has 0 saturated carbocycles. The number of ketones is 1. The molecule has 0 aliphatic rings. The first-order valence-corrected chi connectivity index (χ1v) is 11.9. The van der Waals surface area contributed by atoms with Gasteiger partial charge in [0.2, 0.25) is 0 Å². The van der Waals surface area contributed by atoms with Gasteiger partial charge in [0.15, 0.2) is 5.78 Å². The van der Waals surface area contributed by atoms with Gasteiger partial charge in [-0.3, -0.25) is 4.79 Å². The number of thiophene rings is 1.